The minimum atomic E-state index is -3.01. The molecule has 0 aromatic carbocycles. The average Bonchev–Trinajstić information content (AvgIpc) is 2.75. The molecule has 0 aliphatic heterocycles. The lowest BCUT2D eigenvalue weighted by Crippen LogP contribution is -2.20. The Hall–Kier alpha value is -1.47. The van der Waals surface area contributed by atoms with Crippen molar-refractivity contribution in [2.24, 2.45) is 5.73 Å². The van der Waals surface area contributed by atoms with E-state index in [0.29, 0.717) is 6.42 Å². The molecular weight excluding hydrogens is 276 g/mol. The molecule has 2 heterocycles. The molecule has 110 valence electrons. The van der Waals surface area contributed by atoms with Crippen molar-refractivity contribution in [1.82, 2.24) is 14.5 Å². The second kappa shape index (κ2) is 5.88. The van der Waals surface area contributed by atoms with Crippen LogP contribution < -0.4 is 5.73 Å². The third-order valence-electron chi connectivity index (χ3n) is 3.16. The molecule has 1 atom stereocenters. The van der Waals surface area contributed by atoms with E-state index >= 15 is 0 Å². The van der Waals surface area contributed by atoms with Crippen molar-refractivity contribution in [1.29, 1.82) is 0 Å². The zero-order chi connectivity index (χ0) is 14.8. The Kier molecular flexibility index (Phi) is 4.39. The van der Waals surface area contributed by atoms with Crippen LogP contribution in [0.3, 0.4) is 0 Å². The van der Waals surface area contributed by atoms with Gasteiger partial charge in [0.1, 0.15) is 21.2 Å². The molecule has 0 aliphatic carbocycles. The molecule has 0 fully saturated rings. The van der Waals surface area contributed by atoms with E-state index in [1.165, 1.54) is 6.26 Å². The number of aryl methyl sites for hydroxylation is 1. The van der Waals surface area contributed by atoms with Gasteiger partial charge in [0.15, 0.2) is 0 Å². The summed E-state index contributed by atoms with van der Waals surface area (Å²) in [5.41, 5.74) is 7.92. The molecule has 0 bridgehead atoms. The number of rotatable bonds is 6. The number of pyridine rings is 1. The van der Waals surface area contributed by atoms with Gasteiger partial charge in [0.05, 0.1) is 23.5 Å². The van der Waals surface area contributed by atoms with E-state index in [1.807, 2.05) is 6.07 Å². The summed E-state index contributed by atoms with van der Waals surface area (Å²) < 4.78 is 24.6. The quantitative estimate of drug-likeness (QED) is 0.867. The Morgan fingerprint density at radius 3 is 2.85 bits per heavy atom. The summed E-state index contributed by atoms with van der Waals surface area (Å²) in [6, 6.07) is 1.52. The predicted molar refractivity (Wildman–Crippen MR) is 79.1 cm³/mol. The highest BCUT2D eigenvalue weighted by Crippen LogP contribution is 2.21. The maximum absolute atomic E-state index is 11.3. The van der Waals surface area contributed by atoms with Gasteiger partial charge in [-0.05, 0) is 18.9 Å². The van der Waals surface area contributed by atoms with E-state index in [4.69, 9.17) is 5.73 Å². The van der Waals surface area contributed by atoms with E-state index < -0.39 is 9.84 Å². The van der Waals surface area contributed by atoms with E-state index in [-0.39, 0.29) is 11.8 Å². The molecule has 20 heavy (non-hydrogen) atoms. The predicted octanol–water partition coefficient (Wildman–Crippen LogP) is 1.28. The van der Waals surface area contributed by atoms with Crippen LogP contribution in [0.25, 0.3) is 11.0 Å². The fourth-order valence-electron chi connectivity index (χ4n) is 2.21. The number of imidazole rings is 1. The zero-order valence-corrected chi connectivity index (χ0v) is 12.6. The lowest BCUT2D eigenvalue weighted by molar-refractivity contribution is 0.563. The van der Waals surface area contributed by atoms with Crippen molar-refractivity contribution < 1.29 is 8.42 Å². The SMILES string of the molecule is CCCn1c(C(N)CCS(C)(=O)=O)nc2cnccc21. The Balaban J connectivity index is 2.34. The van der Waals surface area contributed by atoms with Crippen molar-refractivity contribution in [3.05, 3.63) is 24.3 Å². The van der Waals surface area contributed by atoms with Crippen LogP contribution in [0.4, 0.5) is 0 Å². The highest BCUT2D eigenvalue weighted by Gasteiger charge is 2.18. The highest BCUT2D eigenvalue weighted by molar-refractivity contribution is 7.90. The van der Waals surface area contributed by atoms with E-state index in [9.17, 15) is 8.42 Å². The van der Waals surface area contributed by atoms with Gasteiger partial charge < -0.3 is 10.3 Å². The molecule has 0 saturated carbocycles. The van der Waals surface area contributed by atoms with Crippen molar-refractivity contribution in [3.63, 3.8) is 0 Å². The van der Waals surface area contributed by atoms with Crippen LogP contribution in [0.15, 0.2) is 18.5 Å². The van der Waals surface area contributed by atoms with Crippen LogP contribution in [0, 0.1) is 0 Å². The Morgan fingerprint density at radius 1 is 1.45 bits per heavy atom. The van der Waals surface area contributed by atoms with Crippen LogP contribution >= 0.6 is 0 Å². The third-order valence-corrected chi connectivity index (χ3v) is 4.14. The summed E-state index contributed by atoms with van der Waals surface area (Å²) in [6.07, 6.45) is 5.98. The Bertz CT molecular complexity index is 693. The maximum Gasteiger partial charge on any atom is 0.147 e. The normalized spacial score (nSPS) is 13.8. The van der Waals surface area contributed by atoms with E-state index in [1.54, 1.807) is 12.4 Å². The summed E-state index contributed by atoms with van der Waals surface area (Å²) in [7, 11) is -3.01. The molecule has 0 aliphatic rings. The van der Waals surface area contributed by atoms with Gasteiger partial charge in [0.25, 0.3) is 0 Å². The summed E-state index contributed by atoms with van der Waals surface area (Å²) in [5, 5.41) is 0. The number of nitrogens with two attached hydrogens (primary N) is 1. The standard InChI is InChI=1S/C13H20N4O2S/c1-3-7-17-12-4-6-15-9-11(12)16-13(17)10(14)5-8-20(2,18)19/h4,6,9-10H,3,5,7-8,14H2,1-2H3. The third kappa shape index (κ3) is 3.34. The Labute approximate surface area is 118 Å². The topological polar surface area (TPSA) is 90.9 Å². The van der Waals surface area contributed by atoms with Crippen LogP contribution in [0.2, 0.25) is 0 Å². The number of hydrogen-bond acceptors (Lipinski definition) is 5. The molecule has 2 rings (SSSR count). The first-order valence-electron chi connectivity index (χ1n) is 6.66. The minimum absolute atomic E-state index is 0.0712. The summed E-state index contributed by atoms with van der Waals surface area (Å²) in [6.45, 7) is 2.89. The molecule has 7 heteroatoms. The molecule has 2 N–H and O–H groups in total. The second-order valence-corrected chi connectivity index (χ2v) is 7.27. The minimum Gasteiger partial charge on any atom is -0.327 e. The van der Waals surface area contributed by atoms with Crippen LogP contribution in [-0.2, 0) is 16.4 Å². The van der Waals surface area contributed by atoms with Gasteiger partial charge in [-0.15, -0.1) is 0 Å². The fraction of sp³-hybridized carbons (Fsp3) is 0.538. The lowest BCUT2D eigenvalue weighted by atomic mass is 10.2. The van der Waals surface area contributed by atoms with Crippen LogP contribution in [-0.4, -0.2) is 35.0 Å². The summed E-state index contributed by atoms with van der Waals surface area (Å²) in [4.78, 5) is 8.57. The average molecular weight is 296 g/mol. The second-order valence-electron chi connectivity index (χ2n) is 5.01. The van der Waals surface area contributed by atoms with Crippen molar-refractivity contribution in [2.45, 2.75) is 32.4 Å². The van der Waals surface area contributed by atoms with Gasteiger partial charge in [0.2, 0.25) is 0 Å². The van der Waals surface area contributed by atoms with Crippen molar-refractivity contribution in [2.75, 3.05) is 12.0 Å². The first-order valence-corrected chi connectivity index (χ1v) is 8.72. The molecular formula is C13H20N4O2S. The highest BCUT2D eigenvalue weighted by atomic mass is 32.2. The van der Waals surface area contributed by atoms with Crippen LogP contribution in [0.5, 0.6) is 0 Å². The summed E-state index contributed by atoms with van der Waals surface area (Å²) in [5.74, 6) is 0.806. The molecule has 1 unspecified atom stereocenters. The molecule has 0 radical (unpaired) electrons. The van der Waals surface area contributed by atoms with E-state index in [2.05, 4.69) is 21.5 Å². The molecule has 6 nitrogen and oxygen atoms in total. The summed E-state index contributed by atoms with van der Waals surface area (Å²) >= 11 is 0. The fourth-order valence-corrected chi connectivity index (χ4v) is 2.89. The number of fused-ring (bicyclic) bond motifs is 1. The van der Waals surface area contributed by atoms with Gasteiger partial charge in [-0.2, -0.15) is 0 Å². The first-order chi connectivity index (χ1) is 9.42. The number of aromatic nitrogens is 3. The van der Waals surface area contributed by atoms with Gasteiger partial charge in [-0.1, -0.05) is 6.92 Å². The van der Waals surface area contributed by atoms with Crippen LogP contribution in [0.1, 0.15) is 31.6 Å². The largest absolute Gasteiger partial charge is 0.327 e. The molecule has 2 aromatic heterocycles. The Morgan fingerprint density at radius 2 is 2.20 bits per heavy atom. The molecule has 2 aromatic rings. The first kappa shape index (κ1) is 14.9. The number of sulfone groups is 1. The van der Waals surface area contributed by atoms with Gasteiger partial charge >= 0.3 is 0 Å². The smallest absolute Gasteiger partial charge is 0.147 e. The van der Waals surface area contributed by atoms with Crippen molar-refractivity contribution in [3.8, 4) is 0 Å². The monoisotopic (exact) mass is 296 g/mol. The lowest BCUT2D eigenvalue weighted by Gasteiger charge is -2.13. The van der Waals surface area contributed by atoms with E-state index in [0.717, 1.165) is 29.8 Å². The molecule has 0 spiro atoms. The maximum atomic E-state index is 11.3. The van der Waals surface area contributed by atoms with Gasteiger partial charge in [-0.25, -0.2) is 13.4 Å². The zero-order valence-electron chi connectivity index (χ0n) is 11.8. The van der Waals surface area contributed by atoms with Gasteiger partial charge in [-0.3, -0.25) is 4.98 Å². The van der Waals surface area contributed by atoms with Crippen molar-refractivity contribution >= 4 is 20.9 Å². The number of hydrogen-bond donors (Lipinski definition) is 1. The number of nitrogens with zero attached hydrogens (tertiary/aromatic N) is 3. The molecule has 0 amide bonds. The molecule has 0 saturated heterocycles. The van der Waals surface area contributed by atoms with Gasteiger partial charge in [0, 0.05) is 19.0 Å².